The second kappa shape index (κ2) is 7.98. The number of rotatable bonds is 8. The molecule has 1 amide bonds. The normalized spacial score (nSPS) is 11.0. The minimum absolute atomic E-state index is 0.0359. The molecule has 5 nitrogen and oxygen atoms in total. The minimum Gasteiger partial charge on any atom is -0.355 e. The van der Waals surface area contributed by atoms with Crippen LogP contribution in [0.15, 0.2) is 6.07 Å². The average molecular weight is 293 g/mol. The van der Waals surface area contributed by atoms with Crippen molar-refractivity contribution in [2.24, 2.45) is 0 Å². The second-order valence-corrected chi connectivity index (χ2v) is 5.21. The molecular weight excluding hydrogens is 266 g/mol. The molecule has 0 saturated heterocycles. The van der Waals surface area contributed by atoms with Gasteiger partial charge in [0, 0.05) is 30.0 Å². The Morgan fingerprint density at radius 3 is 2.33 bits per heavy atom. The number of likely N-dealkylation sites (N-methyl/N-ethyl adjacent to an activating group) is 2. The van der Waals surface area contributed by atoms with E-state index in [1.165, 1.54) is 0 Å². The van der Waals surface area contributed by atoms with E-state index in [1.54, 1.807) is 0 Å². The van der Waals surface area contributed by atoms with E-state index >= 15 is 0 Å². The van der Waals surface area contributed by atoms with Crippen LogP contribution in [0.3, 0.4) is 0 Å². The van der Waals surface area contributed by atoms with Crippen molar-refractivity contribution in [2.75, 3.05) is 26.2 Å². The highest BCUT2D eigenvalue weighted by Gasteiger charge is 2.18. The molecule has 0 aliphatic carbocycles. The number of hydrogen-bond donors (Lipinski definition) is 1. The smallest absolute Gasteiger partial charge is 0.234 e. The van der Waals surface area contributed by atoms with Gasteiger partial charge in [0.1, 0.15) is 0 Å². The Morgan fingerprint density at radius 1 is 1.19 bits per heavy atom. The third-order valence-electron chi connectivity index (χ3n) is 3.75. The molecule has 0 spiro atoms. The maximum Gasteiger partial charge on any atom is 0.234 e. The molecule has 0 aliphatic rings. The molecule has 0 fully saturated rings. The van der Waals surface area contributed by atoms with Crippen LogP contribution in [0.4, 0.5) is 0 Å². The van der Waals surface area contributed by atoms with Crippen LogP contribution in [-0.2, 0) is 11.3 Å². The van der Waals surface area contributed by atoms with Gasteiger partial charge in [-0.2, -0.15) is 0 Å². The van der Waals surface area contributed by atoms with Gasteiger partial charge in [0.05, 0.1) is 13.1 Å². The van der Waals surface area contributed by atoms with E-state index in [2.05, 4.69) is 16.8 Å². The van der Waals surface area contributed by atoms with E-state index in [0.717, 1.165) is 23.5 Å². The highest BCUT2D eigenvalue weighted by Crippen LogP contribution is 2.16. The molecular formula is C16H27N3O2. The topological polar surface area (TPSA) is 54.3 Å². The summed E-state index contributed by atoms with van der Waals surface area (Å²) in [5, 5.41) is 2.76. The summed E-state index contributed by atoms with van der Waals surface area (Å²) < 4.78 is 2.13. The number of hydrogen-bond acceptors (Lipinski definition) is 3. The van der Waals surface area contributed by atoms with Gasteiger partial charge in [-0.3, -0.25) is 14.5 Å². The number of nitrogens with one attached hydrogen (secondary N) is 1. The molecule has 5 heteroatoms. The summed E-state index contributed by atoms with van der Waals surface area (Å²) in [5.74, 6) is 0.0418. The molecule has 0 atom stereocenters. The first-order chi connectivity index (χ1) is 9.94. The lowest BCUT2D eigenvalue weighted by Crippen LogP contribution is -2.39. The zero-order valence-corrected chi connectivity index (χ0v) is 13.8. The van der Waals surface area contributed by atoms with E-state index < -0.39 is 0 Å². The molecule has 1 rings (SSSR count). The number of aryl methyl sites for hydroxylation is 1. The fourth-order valence-electron chi connectivity index (χ4n) is 2.59. The van der Waals surface area contributed by atoms with E-state index in [4.69, 9.17) is 0 Å². The number of amides is 1. The first-order valence-electron chi connectivity index (χ1n) is 7.63. The van der Waals surface area contributed by atoms with Crippen molar-refractivity contribution in [3.63, 3.8) is 0 Å². The third kappa shape index (κ3) is 4.43. The van der Waals surface area contributed by atoms with Crippen molar-refractivity contribution >= 4 is 11.7 Å². The molecule has 0 radical (unpaired) electrons. The molecule has 1 aromatic heterocycles. The molecule has 1 heterocycles. The van der Waals surface area contributed by atoms with Crippen molar-refractivity contribution in [3.05, 3.63) is 23.0 Å². The van der Waals surface area contributed by atoms with Crippen LogP contribution in [0.1, 0.15) is 42.5 Å². The van der Waals surface area contributed by atoms with Crippen LogP contribution in [0.25, 0.3) is 0 Å². The van der Waals surface area contributed by atoms with E-state index in [0.29, 0.717) is 13.1 Å². The number of ketones is 1. The number of nitrogens with zero attached hydrogens (tertiary/aromatic N) is 2. The Bertz CT molecular complexity index is 506. The van der Waals surface area contributed by atoms with E-state index in [-0.39, 0.29) is 24.8 Å². The molecule has 0 aliphatic heterocycles. The van der Waals surface area contributed by atoms with Crippen LogP contribution in [0, 0.1) is 13.8 Å². The van der Waals surface area contributed by atoms with Crippen LogP contribution >= 0.6 is 0 Å². The van der Waals surface area contributed by atoms with E-state index in [1.807, 2.05) is 38.7 Å². The Kier molecular flexibility index (Phi) is 6.62. The van der Waals surface area contributed by atoms with Gasteiger partial charge >= 0.3 is 0 Å². The number of carbonyl (C=O) groups is 2. The summed E-state index contributed by atoms with van der Waals surface area (Å²) in [6.07, 6.45) is 0. The Labute approximate surface area is 127 Å². The summed E-state index contributed by atoms with van der Waals surface area (Å²) in [5.41, 5.74) is 2.88. The summed E-state index contributed by atoms with van der Waals surface area (Å²) in [6, 6.07) is 1.95. The van der Waals surface area contributed by atoms with Gasteiger partial charge in [-0.15, -0.1) is 0 Å². The maximum atomic E-state index is 12.5. The predicted molar refractivity (Wildman–Crippen MR) is 84.7 cm³/mol. The van der Waals surface area contributed by atoms with Gasteiger partial charge < -0.3 is 9.88 Å². The summed E-state index contributed by atoms with van der Waals surface area (Å²) in [6.45, 7) is 12.6. The molecule has 0 bridgehead atoms. The van der Waals surface area contributed by atoms with Gasteiger partial charge in [-0.1, -0.05) is 6.92 Å². The van der Waals surface area contributed by atoms with Crippen molar-refractivity contribution in [1.82, 2.24) is 14.8 Å². The first-order valence-corrected chi connectivity index (χ1v) is 7.63. The van der Waals surface area contributed by atoms with Crippen LogP contribution in [-0.4, -0.2) is 47.3 Å². The van der Waals surface area contributed by atoms with Gasteiger partial charge in [0.25, 0.3) is 0 Å². The molecule has 0 aromatic carbocycles. The Hall–Kier alpha value is -1.62. The lowest BCUT2D eigenvalue weighted by Gasteiger charge is -2.18. The molecule has 118 valence electrons. The standard InChI is InChI=1S/C16H27N3O2/c1-6-17-16(21)11-18(7-2)10-15(20)14-9-12(4)19(8-3)13(14)5/h9H,6-8,10-11H2,1-5H3,(H,17,21). The molecule has 1 aromatic rings. The SMILES string of the molecule is CCNC(=O)CN(CC)CC(=O)c1cc(C)n(CC)c1C. The van der Waals surface area contributed by atoms with E-state index in [9.17, 15) is 9.59 Å². The zero-order valence-electron chi connectivity index (χ0n) is 13.8. The largest absolute Gasteiger partial charge is 0.355 e. The first kappa shape index (κ1) is 17.4. The summed E-state index contributed by atoms with van der Waals surface area (Å²) in [4.78, 5) is 26.0. The lowest BCUT2D eigenvalue weighted by molar-refractivity contribution is -0.121. The van der Waals surface area contributed by atoms with Crippen LogP contribution in [0.5, 0.6) is 0 Å². The molecule has 1 N–H and O–H groups in total. The minimum atomic E-state index is -0.0359. The fraction of sp³-hybridized carbons (Fsp3) is 0.625. The maximum absolute atomic E-state index is 12.5. The third-order valence-corrected chi connectivity index (χ3v) is 3.75. The average Bonchev–Trinajstić information content (AvgIpc) is 2.72. The highest BCUT2D eigenvalue weighted by atomic mass is 16.2. The molecule has 21 heavy (non-hydrogen) atoms. The molecule has 0 unspecified atom stereocenters. The monoisotopic (exact) mass is 293 g/mol. The van der Waals surface area contributed by atoms with Gasteiger partial charge in [0.2, 0.25) is 5.91 Å². The van der Waals surface area contributed by atoms with Gasteiger partial charge in [-0.05, 0) is 40.3 Å². The zero-order chi connectivity index (χ0) is 16.0. The second-order valence-electron chi connectivity index (χ2n) is 5.21. The highest BCUT2D eigenvalue weighted by molar-refractivity contribution is 5.99. The van der Waals surface area contributed by atoms with Crippen LogP contribution in [0.2, 0.25) is 0 Å². The van der Waals surface area contributed by atoms with Crippen LogP contribution < -0.4 is 5.32 Å². The predicted octanol–water partition coefficient (Wildman–Crippen LogP) is 1.77. The number of carbonyl (C=O) groups excluding carboxylic acids is 2. The number of aromatic nitrogens is 1. The Balaban J connectivity index is 2.77. The molecule has 0 saturated carbocycles. The quantitative estimate of drug-likeness (QED) is 0.743. The lowest BCUT2D eigenvalue weighted by atomic mass is 10.1. The summed E-state index contributed by atoms with van der Waals surface area (Å²) >= 11 is 0. The van der Waals surface area contributed by atoms with Crippen molar-refractivity contribution in [2.45, 2.75) is 41.2 Å². The van der Waals surface area contributed by atoms with Crippen molar-refractivity contribution in [3.8, 4) is 0 Å². The summed E-state index contributed by atoms with van der Waals surface area (Å²) in [7, 11) is 0. The van der Waals surface area contributed by atoms with Gasteiger partial charge in [0.15, 0.2) is 5.78 Å². The van der Waals surface area contributed by atoms with Gasteiger partial charge in [-0.25, -0.2) is 0 Å². The number of Topliss-reactive ketones (excluding diaryl/α,β-unsaturated/α-hetero) is 1. The van der Waals surface area contributed by atoms with Crippen molar-refractivity contribution < 1.29 is 9.59 Å². The van der Waals surface area contributed by atoms with Crippen molar-refractivity contribution in [1.29, 1.82) is 0 Å². The Morgan fingerprint density at radius 2 is 1.86 bits per heavy atom. The fourth-order valence-corrected chi connectivity index (χ4v) is 2.59.